The van der Waals surface area contributed by atoms with E-state index in [1.807, 2.05) is 0 Å². The standard InChI is InChI=1S/C24H34O4.C24H32O4.C24H38O4.C24H34O4.C21H30O3/c2*1-21-6-3-12(25)11-23(21,27)16-9-13(16)19-15(21)4-7-22(2)20(19)14-10-17(14)24(22)8-5-18(26)28-24;2*1-21-7-4-13(26)12-24(21,28)17-10-14(17)19-16(21)5-8-22(2)20(19)15-11-18(15)23(22,27)6-3-9-25;1-19-5-4-14-16(17(19)11-7-12(11)18(19)23)13-8-15(13)21(24)9-10(22)3-6-20(14,21)2/h12-17,19-20,25,27H,3-11H2,1-2H3;13-17,19-20,27H,3-11H2,1-2H3;13-20,25-28H,3-12H2,1-2H3;13-20,25-28H,4-5,7-12H2,1-2H3;10-17,22,24H,3-9H2,1-2H3/t12?,13-,14?,15?,16+,17-,19?,20?,21?,22?,23?,24?;13-,14?,15?,16+,17-,19?,20?,21?,22?,23?,24-;2*13?,14-,15?,16?,17+,18-,19?,20?,21?,22?,23-,24?;10?,11?,12-,13-,14?,15+,16?,17?,19?,20?,21?/m00000/s1. The van der Waals surface area contributed by atoms with Crippen LogP contribution in [-0.4, -0.2) is 178 Å². The van der Waals surface area contributed by atoms with Gasteiger partial charge in [0.2, 0.25) is 0 Å². The van der Waals surface area contributed by atoms with Gasteiger partial charge in [-0.25, -0.2) is 0 Å². The van der Waals surface area contributed by atoms with E-state index in [0.717, 1.165) is 198 Å². The summed E-state index contributed by atoms with van der Waals surface area (Å²) in [5, 5.41) is 142. The first-order valence-corrected chi connectivity index (χ1v) is 57.2. The van der Waals surface area contributed by atoms with Crippen molar-refractivity contribution in [3.8, 4) is 11.8 Å². The average molecular weight is 1880 g/mol. The molecule has 0 aromatic rings. The molecular weight excluding hydrogens is 1710 g/mol. The number of hydrogen-bond acceptors (Lipinski definition) is 19. The van der Waals surface area contributed by atoms with Gasteiger partial charge in [0.15, 0.2) is 0 Å². The second-order valence-electron chi connectivity index (χ2n) is 59.0. The first kappa shape index (κ1) is 90.8. The number of fused-ring (bicyclic) bond motifs is 54. The summed E-state index contributed by atoms with van der Waals surface area (Å²) in [6.07, 6.45) is 36.8. The van der Waals surface area contributed by atoms with E-state index in [-0.39, 0.29) is 127 Å². The Kier molecular flexibility index (Phi) is 18.5. The molecule has 40 unspecified atom stereocenters. The van der Waals surface area contributed by atoms with Crippen LogP contribution in [-0.2, 0) is 28.7 Å². The predicted molar refractivity (Wildman–Crippen MR) is 501 cm³/mol. The van der Waals surface area contributed by atoms with Crippen molar-refractivity contribution in [1.82, 2.24) is 0 Å². The minimum atomic E-state index is -0.960. The van der Waals surface area contributed by atoms with Gasteiger partial charge in [0, 0.05) is 109 Å². The maximum absolute atomic E-state index is 12.9. The molecule has 19 nitrogen and oxygen atoms in total. The molecule has 0 aromatic heterocycles. The minimum absolute atomic E-state index is 0.0229. The number of ether oxygens (including phenoxy) is 2. The lowest BCUT2D eigenvalue weighted by atomic mass is 9.42. The number of aliphatic hydroxyl groups excluding tert-OH is 6. The second kappa shape index (κ2) is 27.6. The molecule has 58 atom stereocenters. The van der Waals surface area contributed by atoms with Crippen molar-refractivity contribution in [2.45, 2.75) is 407 Å². The molecule has 30 aliphatic carbocycles. The molecule has 0 aromatic carbocycles. The molecule has 2 spiro atoms. The van der Waals surface area contributed by atoms with E-state index in [0.29, 0.717) is 253 Å². The minimum Gasteiger partial charge on any atom is -0.458 e. The van der Waals surface area contributed by atoms with Crippen molar-refractivity contribution in [3.05, 3.63) is 0 Å². The van der Waals surface area contributed by atoms with Crippen molar-refractivity contribution >= 4 is 23.5 Å². The molecule has 32 aliphatic rings. The molecule has 2 aliphatic heterocycles. The Balaban J connectivity index is 0.0000000843. The van der Waals surface area contributed by atoms with E-state index in [2.05, 4.69) is 81.1 Å². The third kappa shape index (κ3) is 10.6. The van der Waals surface area contributed by atoms with Gasteiger partial charge in [-0.05, 0) is 422 Å². The van der Waals surface area contributed by atoms with Gasteiger partial charge in [0.1, 0.15) is 35.0 Å². The topological polar surface area (TPSA) is 350 Å². The van der Waals surface area contributed by atoms with Gasteiger partial charge in [0.25, 0.3) is 0 Å². The van der Waals surface area contributed by atoms with Crippen LogP contribution in [0.4, 0.5) is 0 Å². The van der Waals surface area contributed by atoms with E-state index in [1.165, 1.54) is 19.3 Å². The monoisotopic (exact) mass is 1880 g/mol. The quantitative estimate of drug-likeness (QED) is 0.0922. The summed E-state index contributed by atoms with van der Waals surface area (Å²) in [6, 6.07) is 0. The summed E-state index contributed by atoms with van der Waals surface area (Å²) in [5.41, 5.74) is -5.82. The maximum Gasteiger partial charge on any atom is 0.306 e. The lowest BCUT2D eigenvalue weighted by Crippen LogP contribution is -2.65. The van der Waals surface area contributed by atoms with E-state index in [4.69, 9.17) is 9.47 Å². The van der Waals surface area contributed by atoms with Gasteiger partial charge < -0.3 is 75.9 Å². The lowest BCUT2D eigenvalue weighted by Gasteiger charge is -2.64. The summed E-state index contributed by atoms with van der Waals surface area (Å²) < 4.78 is 12.4. The van der Waals surface area contributed by atoms with E-state index in [9.17, 15) is 85.6 Å². The summed E-state index contributed by atoms with van der Waals surface area (Å²) >= 11 is 0. The fourth-order valence-corrected chi connectivity index (χ4v) is 49.4. The van der Waals surface area contributed by atoms with Gasteiger partial charge >= 0.3 is 11.9 Å². The smallest absolute Gasteiger partial charge is 0.306 e. The Bertz CT molecular complexity index is 5160. The Morgan fingerprint density at radius 3 is 1.05 bits per heavy atom. The zero-order valence-electron chi connectivity index (χ0n) is 83.7. The largest absolute Gasteiger partial charge is 0.458 e. The van der Waals surface area contributed by atoms with Crippen LogP contribution in [0.15, 0.2) is 0 Å². The van der Waals surface area contributed by atoms with Gasteiger partial charge in [-0.2, -0.15) is 0 Å². The van der Waals surface area contributed by atoms with Crippen LogP contribution in [0.5, 0.6) is 0 Å². The maximum atomic E-state index is 12.9. The average Bonchev–Trinajstić information content (AvgIpc) is 1.44. The highest BCUT2D eigenvalue weighted by Gasteiger charge is 2.90. The van der Waals surface area contributed by atoms with Crippen LogP contribution in [0.25, 0.3) is 0 Å². The second-order valence-corrected chi connectivity index (χ2v) is 59.0. The third-order valence-electron chi connectivity index (χ3n) is 55.9. The lowest BCUT2D eigenvalue weighted by molar-refractivity contribution is -0.237. The molecule has 2 saturated heterocycles. The highest BCUT2D eigenvalue weighted by Crippen LogP contribution is 2.90. The van der Waals surface area contributed by atoms with Crippen LogP contribution >= 0.6 is 0 Å². The van der Waals surface area contributed by atoms with Gasteiger partial charge in [-0.15, -0.1) is 0 Å². The van der Waals surface area contributed by atoms with Gasteiger partial charge in [-0.3, -0.25) is 19.2 Å². The summed E-state index contributed by atoms with van der Waals surface area (Å²) in [4.78, 5) is 49.5. The van der Waals surface area contributed by atoms with Gasteiger partial charge in [-0.1, -0.05) is 81.1 Å². The van der Waals surface area contributed by atoms with Crippen molar-refractivity contribution < 1.29 is 95.0 Å². The van der Waals surface area contributed by atoms with Crippen LogP contribution in [0.3, 0.4) is 0 Å². The first-order chi connectivity index (χ1) is 64.2. The third-order valence-corrected chi connectivity index (χ3v) is 55.9. The Morgan fingerprint density at radius 1 is 0.316 bits per heavy atom. The molecule has 32 rings (SSSR count). The molecule has 750 valence electrons. The van der Waals surface area contributed by atoms with E-state index >= 15 is 0 Å². The van der Waals surface area contributed by atoms with Crippen molar-refractivity contribution in [2.24, 2.45) is 261 Å². The van der Waals surface area contributed by atoms with Crippen molar-refractivity contribution in [3.63, 3.8) is 0 Å². The molecule has 2 heterocycles. The van der Waals surface area contributed by atoms with Crippen LogP contribution in [0, 0.1) is 273 Å². The molecule has 0 amide bonds. The fourth-order valence-electron chi connectivity index (χ4n) is 49.4. The van der Waals surface area contributed by atoms with Crippen LogP contribution in [0.1, 0.15) is 332 Å². The van der Waals surface area contributed by atoms with E-state index < -0.39 is 39.2 Å². The molecule has 0 bridgehead atoms. The number of esters is 2. The molecule has 13 N–H and O–H groups in total. The number of ketones is 2. The van der Waals surface area contributed by atoms with Crippen molar-refractivity contribution in [2.75, 3.05) is 13.2 Å². The number of carbonyl (C=O) groups excluding carboxylic acids is 4. The highest BCUT2D eigenvalue weighted by atomic mass is 16.6. The zero-order chi connectivity index (χ0) is 94.6. The van der Waals surface area contributed by atoms with Crippen LogP contribution < -0.4 is 0 Å². The van der Waals surface area contributed by atoms with Crippen molar-refractivity contribution in [1.29, 1.82) is 0 Å². The summed E-state index contributed by atoms with van der Waals surface area (Å²) in [6.45, 7) is 23.4. The summed E-state index contributed by atoms with van der Waals surface area (Å²) in [7, 11) is 0. The summed E-state index contributed by atoms with van der Waals surface area (Å²) in [5.74, 6) is 26.1. The Labute approximate surface area is 807 Å². The zero-order valence-corrected chi connectivity index (χ0v) is 83.7. The number of hydrogen-bond donors (Lipinski definition) is 13. The Morgan fingerprint density at radius 2 is 0.647 bits per heavy atom. The molecule has 136 heavy (non-hydrogen) atoms. The SMILES string of the molecule is CC12CCC(=O)CC1(O)[C@@H]1C[C@@H]1C1C2CCC2(C)C1C1C[C@@H]1[C@@]21CCC(=O)O1.CC12CCC(O)CC1(O)[C@@H]1C[C@@H]1C1C2CCC2(C)C1C1C[C@@H]1C21CCC(=O)O1.CC12CCC(O)CC1(O)[C@@H]1C[C@@H]1C1C2CCC2(C)C1C1C[C@@H]1[C@@]2(O)C#CCO.CC12CCC(O)CC1(O)[C@@H]1C[C@@H]1C1C2CCC2(C)C1C1C[C@@H]1[C@@]2(O)CCCO.CC12CCC3C(C1C1C[C@@H]1C2=O)[C@H]1C[C@H]1C1(O)CC(O)CCC31C. The molecule has 32 fully saturated rings. The van der Waals surface area contributed by atoms with E-state index in [1.54, 1.807) is 0 Å². The predicted octanol–water partition coefficient (Wildman–Crippen LogP) is 14.2. The fraction of sp³-hybridized carbons (Fsp3) is 0.949. The number of rotatable bonds is 3. The molecule has 0 radical (unpaired) electrons. The molecule has 19 heteroatoms. The number of carbonyl (C=O) groups is 4. The molecular formula is C117H168O19. The van der Waals surface area contributed by atoms with Gasteiger partial charge in [0.05, 0.1) is 58.0 Å². The van der Waals surface area contributed by atoms with Crippen LogP contribution in [0.2, 0.25) is 0 Å². The first-order valence-electron chi connectivity index (χ1n) is 57.2. The normalized spacial score (nSPS) is 66.9. The Hall–Kier alpha value is -2.68. The number of aliphatic hydroxyl groups is 13. The molecule has 30 saturated carbocycles. The number of Topliss-reactive ketones (excluding diaryl/α,β-unsaturated/α-hetero) is 2. The highest BCUT2D eigenvalue weighted by molar-refractivity contribution is 5.93.